The van der Waals surface area contributed by atoms with Crippen LogP contribution < -0.4 is 20.0 Å². The third-order valence-electron chi connectivity index (χ3n) is 6.58. The van der Waals surface area contributed by atoms with Crippen LogP contribution in [0.4, 0.5) is 11.4 Å². The Morgan fingerprint density at radius 1 is 1.05 bits per heavy atom. The number of ether oxygens (including phenoxy) is 1. The van der Waals surface area contributed by atoms with Crippen LogP contribution >= 0.6 is 11.6 Å². The predicted molar refractivity (Wildman–Crippen MR) is 146 cm³/mol. The molecule has 8 nitrogen and oxygen atoms in total. The van der Waals surface area contributed by atoms with E-state index >= 15 is 0 Å². The van der Waals surface area contributed by atoms with E-state index < -0.39 is 5.91 Å². The summed E-state index contributed by atoms with van der Waals surface area (Å²) in [6.45, 7) is 3.84. The highest BCUT2D eigenvalue weighted by molar-refractivity contribution is 6.30. The van der Waals surface area contributed by atoms with Gasteiger partial charge in [0.05, 0.1) is 12.6 Å². The van der Waals surface area contributed by atoms with Gasteiger partial charge in [-0.25, -0.2) is 5.48 Å². The van der Waals surface area contributed by atoms with Gasteiger partial charge in [0.25, 0.3) is 5.91 Å². The summed E-state index contributed by atoms with van der Waals surface area (Å²) in [5.41, 5.74) is 4.52. The molecule has 0 saturated heterocycles. The lowest BCUT2D eigenvalue weighted by atomic mass is 9.89. The molecule has 0 aliphatic carbocycles. The van der Waals surface area contributed by atoms with Crippen LogP contribution in [0, 0.1) is 0 Å². The Balaban J connectivity index is 1.55. The summed E-state index contributed by atoms with van der Waals surface area (Å²) in [5.74, 6) is -0.118. The molecule has 3 aromatic carbocycles. The van der Waals surface area contributed by atoms with Gasteiger partial charge in [0.2, 0.25) is 11.8 Å². The van der Waals surface area contributed by atoms with Crippen molar-refractivity contribution in [1.29, 1.82) is 0 Å². The molecule has 2 atom stereocenters. The molecule has 3 aromatic rings. The van der Waals surface area contributed by atoms with Crippen LogP contribution in [0.3, 0.4) is 0 Å². The lowest BCUT2D eigenvalue weighted by Gasteiger charge is -2.43. The van der Waals surface area contributed by atoms with Crippen molar-refractivity contribution in [3.8, 4) is 5.75 Å². The number of nitrogens with zero attached hydrogens (tertiary/aromatic N) is 2. The van der Waals surface area contributed by atoms with E-state index in [-0.39, 0.29) is 30.3 Å². The maximum absolute atomic E-state index is 13.7. The Kier molecular flexibility index (Phi) is 8.66. The Labute approximate surface area is 226 Å². The van der Waals surface area contributed by atoms with Crippen molar-refractivity contribution >= 4 is 40.7 Å². The van der Waals surface area contributed by atoms with Crippen molar-refractivity contribution in [1.82, 2.24) is 5.48 Å². The molecule has 0 radical (unpaired) electrons. The van der Waals surface area contributed by atoms with Crippen LogP contribution in [0.1, 0.15) is 55.1 Å². The summed E-state index contributed by atoms with van der Waals surface area (Å²) in [6, 6.07) is 21.3. The Bertz CT molecular complexity index is 1300. The Hall–Kier alpha value is -3.88. The molecule has 2 N–H and O–H groups in total. The van der Waals surface area contributed by atoms with E-state index in [0.29, 0.717) is 35.8 Å². The number of nitrogens with one attached hydrogen (secondary N) is 1. The first-order chi connectivity index (χ1) is 18.3. The molecule has 198 valence electrons. The summed E-state index contributed by atoms with van der Waals surface area (Å²) in [4.78, 5) is 41.2. The van der Waals surface area contributed by atoms with Gasteiger partial charge in [-0.2, -0.15) is 0 Å². The van der Waals surface area contributed by atoms with E-state index in [1.807, 2.05) is 43.3 Å². The molecule has 1 heterocycles. The number of hydrogen-bond acceptors (Lipinski definition) is 5. The number of anilines is 2. The highest BCUT2D eigenvalue weighted by atomic mass is 35.5. The van der Waals surface area contributed by atoms with Gasteiger partial charge in [0, 0.05) is 41.3 Å². The molecule has 0 spiro atoms. The minimum absolute atomic E-state index is 0.0910. The third kappa shape index (κ3) is 5.98. The second kappa shape index (κ2) is 12.1. The molecule has 0 unspecified atom stereocenters. The van der Waals surface area contributed by atoms with Crippen molar-refractivity contribution in [3.05, 3.63) is 88.9 Å². The molecule has 0 fully saturated rings. The molecule has 1 aliphatic heterocycles. The van der Waals surface area contributed by atoms with E-state index in [1.165, 1.54) is 0 Å². The van der Waals surface area contributed by atoms with Crippen LogP contribution in [-0.2, 0) is 9.59 Å². The van der Waals surface area contributed by atoms with Gasteiger partial charge in [-0.05, 0) is 79.9 Å². The quantitative estimate of drug-likeness (QED) is 0.224. The largest absolute Gasteiger partial charge is 0.494 e. The molecular formula is C29H30ClN3O5. The summed E-state index contributed by atoms with van der Waals surface area (Å²) >= 11 is 6.08. The molecule has 1 aliphatic rings. The number of carbonyl (C=O) groups is 3. The van der Waals surface area contributed by atoms with Gasteiger partial charge in [-0.3, -0.25) is 19.6 Å². The average molecular weight is 536 g/mol. The minimum Gasteiger partial charge on any atom is -0.494 e. The van der Waals surface area contributed by atoms with E-state index in [4.69, 9.17) is 21.5 Å². The number of benzene rings is 3. The average Bonchev–Trinajstić information content (AvgIpc) is 2.92. The third-order valence-corrected chi connectivity index (χ3v) is 6.83. The topological polar surface area (TPSA) is 99.2 Å². The minimum atomic E-state index is -0.465. The molecule has 0 saturated carbocycles. The lowest BCUT2D eigenvalue weighted by molar-refractivity contribution is -0.129. The fraction of sp³-hybridized carbons (Fsp3) is 0.276. The fourth-order valence-corrected chi connectivity index (χ4v) is 4.96. The zero-order valence-electron chi connectivity index (χ0n) is 21.3. The maximum Gasteiger partial charge on any atom is 0.258 e. The van der Waals surface area contributed by atoms with Gasteiger partial charge < -0.3 is 14.5 Å². The lowest BCUT2D eigenvalue weighted by Crippen LogP contribution is -2.47. The standard InChI is InChI=1S/C29H30ClN3O5/c1-19-18-27(33(20(2)34)23-13-11-22(30)12-14-23)25-6-3-4-7-26(25)32(19)29(36)21-9-15-24(16-10-21)38-17-5-8-28(35)31-37/h3-4,6-7,9-16,19,27,37H,5,8,17-18H2,1-2H3,(H,31,35)/t19-,27+/m0/s1. The number of halogens is 1. The zero-order valence-corrected chi connectivity index (χ0v) is 22.0. The first-order valence-corrected chi connectivity index (χ1v) is 12.8. The molecule has 0 bridgehead atoms. The van der Waals surface area contributed by atoms with Crippen molar-refractivity contribution < 1.29 is 24.3 Å². The number of para-hydroxylation sites is 1. The van der Waals surface area contributed by atoms with Crippen LogP contribution in [-0.4, -0.2) is 35.6 Å². The number of fused-ring (bicyclic) bond motifs is 1. The van der Waals surface area contributed by atoms with Crippen molar-refractivity contribution in [2.24, 2.45) is 0 Å². The van der Waals surface area contributed by atoms with Crippen LogP contribution in [0.15, 0.2) is 72.8 Å². The normalized spacial score (nSPS) is 16.4. The van der Waals surface area contributed by atoms with Gasteiger partial charge in [-0.1, -0.05) is 29.8 Å². The smallest absolute Gasteiger partial charge is 0.258 e. The number of hydrogen-bond donors (Lipinski definition) is 2. The van der Waals surface area contributed by atoms with Crippen molar-refractivity contribution in [2.45, 2.75) is 45.2 Å². The molecule has 9 heteroatoms. The predicted octanol–water partition coefficient (Wildman–Crippen LogP) is 5.54. The summed E-state index contributed by atoms with van der Waals surface area (Å²) in [5, 5.41) is 9.14. The van der Waals surface area contributed by atoms with Crippen molar-refractivity contribution in [3.63, 3.8) is 0 Å². The Morgan fingerprint density at radius 3 is 2.39 bits per heavy atom. The van der Waals surface area contributed by atoms with E-state index in [0.717, 1.165) is 16.9 Å². The highest BCUT2D eigenvalue weighted by Gasteiger charge is 2.38. The van der Waals surface area contributed by atoms with Crippen LogP contribution in [0.25, 0.3) is 0 Å². The highest BCUT2D eigenvalue weighted by Crippen LogP contribution is 2.43. The van der Waals surface area contributed by atoms with Gasteiger partial charge >= 0.3 is 0 Å². The van der Waals surface area contributed by atoms with Gasteiger partial charge in [0.1, 0.15) is 5.75 Å². The fourth-order valence-electron chi connectivity index (χ4n) is 4.83. The van der Waals surface area contributed by atoms with Crippen molar-refractivity contribution in [2.75, 3.05) is 16.4 Å². The molecule has 38 heavy (non-hydrogen) atoms. The summed E-state index contributed by atoms with van der Waals surface area (Å²) in [6.07, 6.45) is 1.16. The second-order valence-electron chi connectivity index (χ2n) is 9.21. The maximum atomic E-state index is 13.7. The van der Waals surface area contributed by atoms with E-state index in [1.54, 1.807) is 58.6 Å². The van der Waals surface area contributed by atoms with Gasteiger partial charge in [-0.15, -0.1) is 0 Å². The Morgan fingerprint density at radius 2 is 1.74 bits per heavy atom. The van der Waals surface area contributed by atoms with Crippen LogP contribution in [0.2, 0.25) is 5.02 Å². The molecule has 4 rings (SSSR count). The number of carbonyl (C=O) groups excluding carboxylic acids is 3. The SMILES string of the molecule is CC(=O)N(c1ccc(Cl)cc1)[C@@H]1C[C@H](C)N(C(=O)c2ccc(OCCCC(=O)NO)cc2)c2ccccc21. The summed E-state index contributed by atoms with van der Waals surface area (Å²) in [7, 11) is 0. The number of hydroxylamine groups is 1. The number of rotatable bonds is 8. The first-order valence-electron chi connectivity index (χ1n) is 12.4. The molecule has 0 aromatic heterocycles. The number of amides is 3. The van der Waals surface area contributed by atoms with E-state index in [9.17, 15) is 14.4 Å². The monoisotopic (exact) mass is 535 g/mol. The van der Waals surface area contributed by atoms with Crippen LogP contribution in [0.5, 0.6) is 5.75 Å². The van der Waals surface area contributed by atoms with E-state index in [2.05, 4.69) is 0 Å². The summed E-state index contributed by atoms with van der Waals surface area (Å²) < 4.78 is 5.64. The first kappa shape index (κ1) is 27.2. The second-order valence-corrected chi connectivity index (χ2v) is 9.65. The molecule has 3 amide bonds. The molecular weight excluding hydrogens is 506 g/mol. The van der Waals surface area contributed by atoms with Gasteiger partial charge in [0.15, 0.2) is 0 Å². The zero-order chi connectivity index (χ0) is 27.2.